The smallest absolute Gasteiger partial charge is 0.255 e. The van der Waals surface area contributed by atoms with E-state index in [9.17, 15) is 14.0 Å². The first kappa shape index (κ1) is 14.7. The molecule has 2 amide bonds. The zero-order chi connectivity index (χ0) is 14.5. The Hall–Kier alpha value is -1.69. The first-order valence-corrected chi connectivity index (χ1v) is 6.89. The number of likely N-dealkylation sites (tertiary alicyclic amines) is 1. The highest BCUT2D eigenvalue weighted by atomic mass is 35.5. The van der Waals surface area contributed by atoms with Crippen molar-refractivity contribution in [1.29, 1.82) is 0 Å². The minimum absolute atomic E-state index is 0.0904. The molecule has 1 unspecified atom stereocenters. The zero-order valence-corrected chi connectivity index (χ0v) is 11.6. The van der Waals surface area contributed by atoms with Crippen LogP contribution in [0.25, 0.3) is 0 Å². The van der Waals surface area contributed by atoms with Gasteiger partial charge in [-0.2, -0.15) is 4.39 Å². The number of amides is 2. The molecule has 0 saturated carbocycles. The lowest BCUT2D eigenvalue weighted by Gasteiger charge is -2.33. The summed E-state index contributed by atoms with van der Waals surface area (Å²) in [5.41, 5.74) is 0.343. The Kier molecular flexibility index (Phi) is 4.89. The van der Waals surface area contributed by atoms with Gasteiger partial charge >= 0.3 is 0 Å². The van der Waals surface area contributed by atoms with Crippen molar-refractivity contribution in [2.75, 3.05) is 19.0 Å². The number of carbonyl (C=O) groups is 2. The largest absolute Gasteiger partial charge is 0.351 e. The van der Waals surface area contributed by atoms with Crippen LogP contribution in [0.15, 0.2) is 18.3 Å². The summed E-state index contributed by atoms with van der Waals surface area (Å²) in [5.74, 6) is -1.16. The number of carbonyl (C=O) groups excluding carboxylic acids is 2. The molecule has 7 heteroatoms. The average molecular weight is 300 g/mol. The zero-order valence-electron chi connectivity index (χ0n) is 10.8. The van der Waals surface area contributed by atoms with Crippen molar-refractivity contribution in [2.24, 2.45) is 0 Å². The minimum Gasteiger partial charge on any atom is -0.351 e. The van der Waals surface area contributed by atoms with Crippen LogP contribution in [0, 0.1) is 5.95 Å². The first-order chi connectivity index (χ1) is 9.60. The molecule has 108 valence electrons. The molecule has 1 aliphatic heterocycles. The van der Waals surface area contributed by atoms with Crippen molar-refractivity contribution in [2.45, 2.75) is 18.9 Å². The number of nitrogens with zero attached hydrogens (tertiary/aromatic N) is 2. The van der Waals surface area contributed by atoms with Crippen molar-refractivity contribution < 1.29 is 14.0 Å². The average Bonchev–Trinajstić information content (AvgIpc) is 2.47. The highest BCUT2D eigenvalue weighted by Crippen LogP contribution is 2.13. The lowest BCUT2D eigenvalue weighted by molar-refractivity contribution is -0.119. The molecule has 1 fully saturated rings. The quantitative estimate of drug-likeness (QED) is 0.673. The van der Waals surface area contributed by atoms with Gasteiger partial charge in [0.05, 0.1) is 5.56 Å². The van der Waals surface area contributed by atoms with Crippen LogP contribution < -0.4 is 5.32 Å². The van der Waals surface area contributed by atoms with Gasteiger partial charge in [0.2, 0.25) is 11.9 Å². The topological polar surface area (TPSA) is 62.3 Å². The molecule has 1 aliphatic rings. The van der Waals surface area contributed by atoms with E-state index in [-0.39, 0.29) is 23.7 Å². The monoisotopic (exact) mass is 299 g/mol. The summed E-state index contributed by atoms with van der Waals surface area (Å²) in [6, 6.07) is 2.47. The second-order valence-corrected chi connectivity index (χ2v) is 4.93. The van der Waals surface area contributed by atoms with E-state index < -0.39 is 5.95 Å². The second-order valence-electron chi connectivity index (χ2n) is 4.66. The van der Waals surface area contributed by atoms with E-state index in [1.807, 2.05) is 0 Å². The molecular weight excluding hydrogens is 285 g/mol. The van der Waals surface area contributed by atoms with Gasteiger partial charge in [0.25, 0.3) is 5.91 Å². The molecule has 2 rings (SSSR count). The number of pyridine rings is 1. The fourth-order valence-corrected chi connectivity index (χ4v) is 2.31. The van der Waals surface area contributed by atoms with E-state index in [1.54, 1.807) is 4.90 Å². The maximum Gasteiger partial charge on any atom is 0.255 e. The van der Waals surface area contributed by atoms with E-state index >= 15 is 0 Å². The fourth-order valence-electron chi connectivity index (χ4n) is 2.23. The van der Waals surface area contributed by atoms with E-state index in [0.29, 0.717) is 18.7 Å². The summed E-state index contributed by atoms with van der Waals surface area (Å²) in [6.45, 7) is 1.04. The molecule has 2 heterocycles. The molecule has 1 N–H and O–H groups in total. The number of hydrogen-bond acceptors (Lipinski definition) is 3. The Bertz CT molecular complexity index is 495. The first-order valence-electron chi connectivity index (χ1n) is 6.36. The van der Waals surface area contributed by atoms with Crippen LogP contribution in [0.4, 0.5) is 4.39 Å². The molecule has 20 heavy (non-hydrogen) atoms. The molecule has 0 radical (unpaired) electrons. The maximum absolute atomic E-state index is 12.7. The lowest BCUT2D eigenvalue weighted by Crippen LogP contribution is -2.49. The van der Waals surface area contributed by atoms with Gasteiger partial charge < -0.3 is 10.2 Å². The number of aromatic nitrogens is 1. The van der Waals surface area contributed by atoms with Crippen molar-refractivity contribution >= 4 is 23.4 Å². The normalized spacial score (nSPS) is 18.7. The van der Waals surface area contributed by atoms with Gasteiger partial charge in [-0.05, 0) is 25.0 Å². The predicted octanol–water partition coefficient (Wildman–Crippen LogP) is 1.18. The predicted molar refractivity (Wildman–Crippen MR) is 72.0 cm³/mol. The van der Waals surface area contributed by atoms with Crippen LogP contribution in [-0.2, 0) is 4.79 Å². The SMILES string of the molecule is O=C(CCl)NC1CCCN(C(=O)c2ccc(F)nc2)C1. The van der Waals surface area contributed by atoms with Crippen LogP contribution >= 0.6 is 11.6 Å². The Balaban J connectivity index is 1.99. The molecule has 0 aliphatic carbocycles. The summed E-state index contributed by atoms with van der Waals surface area (Å²) in [4.78, 5) is 28.6. The van der Waals surface area contributed by atoms with Gasteiger partial charge in [0, 0.05) is 25.3 Å². The third kappa shape index (κ3) is 3.66. The number of rotatable bonds is 3. The highest BCUT2D eigenvalue weighted by molar-refractivity contribution is 6.27. The minimum atomic E-state index is -0.618. The maximum atomic E-state index is 12.7. The number of hydrogen-bond donors (Lipinski definition) is 1. The van der Waals surface area contributed by atoms with E-state index in [4.69, 9.17) is 11.6 Å². The van der Waals surface area contributed by atoms with Gasteiger partial charge in [-0.15, -0.1) is 11.6 Å². The van der Waals surface area contributed by atoms with E-state index in [0.717, 1.165) is 18.9 Å². The fraction of sp³-hybridized carbons (Fsp3) is 0.462. The number of halogens is 2. The number of alkyl halides is 1. The third-order valence-electron chi connectivity index (χ3n) is 3.17. The van der Waals surface area contributed by atoms with Gasteiger partial charge in [-0.3, -0.25) is 9.59 Å². The van der Waals surface area contributed by atoms with Gasteiger partial charge in [-0.25, -0.2) is 4.98 Å². The standard InChI is InChI=1S/C13H15ClFN3O2/c14-6-12(19)17-10-2-1-5-18(8-10)13(20)9-3-4-11(15)16-7-9/h3-4,7,10H,1-2,5-6,8H2,(H,17,19). The van der Waals surface area contributed by atoms with Crippen molar-refractivity contribution in [1.82, 2.24) is 15.2 Å². The number of nitrogens with one attached hydrogen (secondary N) is 1. The molecule has 1 aromatic heterocycles. The molecule has 5 nitrogen and oxygen atoms in total. The van der Waals surface area contributed by atoms with Crippen molar-refractivity contribution in [3.05, 3.63) is 29.8 Å². The summed E-state index contributed by atoms with van der Waals surface area (Å²) in [5, 5.41) is 2.77. The molecular formula is C13H15ClFN3O2. The molecule has 0 aromatic carbocycles. The van der Waals surface area contributed by atoms with Crippen molar-refractivity contribution in [3.63, 3.8) is 0 Å². The van der Waals surface area contributed by atoms with Gasteiger partial charge in [0.15, 0.2) is 0 Å². The number of piperidine rings is 1. The Labute approximate surface area is 121 Å². The molecule has 1 atom stereocenters. The summed E-state index contributed by atoms with van der Waals surface area (Å²) in [7, 11) is 0. The van der Waals surface area contributed by atoms with E-state index in [1.165, 1.54) is 12.3 Å². The van der Waals surface area contributed by atoms with Crippen LogP contribution in [0.2, 0.25) is 0 Å². The lowest BCUT2D eigenvalue weighted by atomic mass is 10.0. The summed E-state index contributed by atoms with van der Waals surface area (Å²) in [6.07, 6.45) is 2.83. The van der Waals surface area contributed by atoms with Crippen LogP contribution in [0.5, 0.6) is 0 Å². The molecule has 0 spiro atoms. The van der Waals surface area contributed by atoms with Gasteiger partial charge in [0.1, 0.15) is 5.88 Å². The third-order valence-corrected chi connectivity index (χ3v) is 3.41. The van der Waals surface area contributed by atoms with E-state index in [2.05, 4.69) is 10.3 Å². The summed E-state index contributed by atoms with van der Waals surface area (Å²) < 4.78 is 12.7. The second kappa shape index (κ2) is 6.65. The summed E-state index contributed by atoms with van der Waals surface area (Å²) >= 11 is 5.44. The van der Waals surface area contributed by atoms with Crippen LogP contribution in [0.1, 0.15) is 23.2 Å². The molecule has 1 saturated heterocycles. The highest BCUT2D eigenvalue weighted by Gasteiger charge is 2.25. The molecule has 1 aromatic rings. The Morgan fingerprint density at radius 1 is 1.50 bits per heavy atom. The van der Waals surface area contributed by atoms with Crippen LogP contribution in [0.3, 0.4) is 0 Å². The van der Waals surface area contributed by atoms with Crippen molar-refractivity contribution in [3.8, 4) is 0 Å². The van der Waals surface area contributed by atoms with Gasteiger partial charge in [-0.1, -0.05) is 0 Å². The Morgan fingerprint density at radius 3 is 2.95 bits per heavy atom. The van der Waals surface area contributed by atoms with Crippen LogP contribution in [-0.4, -0.2) is 46.7 Å². The Morgan fingerprint density at radius 2 is 2.30 bits per heavy atom. The molecule has 0 bridgehead atoms.